The first-order chi connectivity index (χ1) is 13.9. The lowest BCUT2D eigenvalue weighted by molar-refractivity contribution is -0.385. The second kappa shape index (κ2) is 7.51. The molecule has 0 spiro atoms. The Hall–Kier alpha value is -2.88. The standard InChI is InChI=1S/C20H20N2O7/c23-21(24)17-7-3-1-5-15(17)9-19(13-28-19)11-27-12-20(14-29-20)10-16-6-2-4-8-18(16)22(25)26/h1-8H,9-14H2. The molecule has 2 atom stereocenters. The predicted molar refractivity (Wildman–Crippen MR) is 102 cm³/mol. The average molecular weight is 400 g/mol. The molecule has 0 bridgehead atoms. The highest BCUT2D eigenvalue weighted by Gasteiger charge is 2.49. The van der Waals surface area contributed by atoms with E-state index in [-0.39, 0.29) is 24.6 Å². The number of nitrogens with zero attached hydrogens (tertiary/aromatic N) is 2. The lowest BCUT2D eigenvalue weighted by atomic mass is 9.98. The van der Waals surface area contributed by atoms with Gasteiger partial charge in [0.1, 0.15) is 11.2 Å². The summed E-state index contributed by atoms with van der Waals surface area (Å²) >= 11 is 0. The Morgan fingerprint density at radius 3 is 1.52 bits per heavy atom. The van der Waals surface area contributed by atoms with Crippen LogP contribution in [0.1, 0.15) is 11.1 Å². The van der Waals surface area contributed by atoms with E-state index in [1.807, 2.05) is 0 Å². The van der Waals surface area contributed by atoms with Gasteiger partial charge in [0.05, 0.1) is 36.3 Å². The fourth-order valence-corrected chi connectivity index (χ4v) is 3.47. The zero-order valence-corrected chi connectivity index (χ0v) is 15.6. The number of rotatable bonds is 10. The summed E-state index contributed by atoms with van der Waals surface area (Å²) in [4.78, 5) is 21.6. The second-order valence-corrected chi connectivity index (χ2v) is 7.56. The SMILES string of the molecule is O=[N+]([O-])c1ccccc1CC1(COCC2(Cc3ccccc3[N+](=O)[O-])CO2)CO1. The molecule has 2 aromatic rings. The molecule has 29 heavy (non-hydrogen) atoms. The molecule has 152 valence electrons. The first kappa shape index (κ1) is 19.4. The van der Waals surface area contributed by atoms with Crippen molar-refractivity contribution in [3.63, 3.8) is 0 Å². The van der Waals surface area contributed by atoms with Crippen LogP contribution in [-0.4, -0.2) is 47.5 Å². The number of nitro benzene ring substituents is 2. The van der Waals surface area contributed by atoms with Crippen LogP contribution in [0.15, 0.2) is 48.5 Å². The summed E-state index contributed by atoms with van der Waals surface area (Å²) in [5.41, 5.74) is 0.218. The summed E-state index contributed by atoms with van der Waals surface area (Å²) in [7, 11) is 0. The number of epoxide rings is 2. The lowest BCUT2D eigenvalue weighted by Crippen LogP contribution is -2.29. The molecule has 2 aromatic carbocycles. The van der Waals surface area contributed by atoms with Crippen LogP contribution in [0.25, 0.3) is 0 Å². The van der Waals surface area contributed by atoms with E-state index in [4.69, 9.17) is 14.2 Å². The molecule has 2 aliphatic heterocycles. The van der Waals surface area contributed by atoms with Gasteiger partial charge in [0.25, 0.3) is 11.4 Å². The second-order valence-electron chi connectivity index (χ2n) is 7.56. The van der Waals surface area contributed by atoms with E-state index in [2.05, 4.69) is 0 Å². The summed E-state index contributed by atoms with van der Waals surface area (Å²) in [6, 6.07) is 13.2. The largest absolute Gasteiger partial charge is 0.375 e. The molecule has 0 aromatic heterocycles. The molecule has 2 aliphatic rings. The fourth-order valence-electron chi connectivity index (χ4n) is 3.47. The van der Waals surface area contributed by atoms with Crippen molar-refractivity contribution in [2.75, 3.05) is 26.4 Å². The molecule has 4 rings (SSSR count). The van der Waals surface area contributed by atoms with Crippen molar-refractivity contribution >= 4 is 11.4 Å². The van der Waals surface area contributed by atoms with Crippen molar-refractivity contribution in [2.24, 2.45) is 0 Å². The summed E-state index contributed by atoms with van der Waals surface area (Å²) in [5, 5.41) is 22.4. The lowest BCUT2D eigenvalue weighted by Gasteiger charge is -2.16. The van der Waals surface area contributed by atoms with Crippen molar-refractivity contribution in [1.29, 1.82) is 0 Å². The summed E-state index contributed by atoms with van der Waals surface area (Å²) in [5.74, 6) is 0. The van der Waals surface area contributed by atoms with Gasteiger partial charge in [0.15, 0.2) is 0 Å². The molecule has 0 radical (unpaired) electrons. The van der Waals surface area contributed by atoms with Gasteiger partial charge < -0.3 is 14.2 Å². The maximum atomic E-state index is 11.2. The average Bonchev–Trinajstić information content (AvgIpc) is 3.62. The first-order valence-electron chi connectivity index (χ1n) is 9.22. The Morgan fingerprint density at radius 1 is 0.793 bits per heavy atom. The van der Waals surface area contributed by atoms with E-state index >= 15 is 0 Å². The summed E-state index contributed by atoms with van der Waals surface area (Å²) < 4.78 is 17.0. The van der Waals surface area contributed by atoms with Crippen LogP contribution >= 0.6 is 0 Å². The van der Waals surface area contributed by atoms with Crippen LogP contribution in [0, 0.1) is 20.2 Å². The Labute approximate surface area is 166 Å². The van der Waals surface area contributed by atoms with E-state index in [0.29, 0.717) is 37.2 Å². The normalized spacial score (nSPS) is 24.8. The maximum Gasteiger partial charge on any atom is 0.272 e. The Bertz CT molecular complexity index is 862. The number of hydrogen-bond donors (Lipinski definition) is 0. The number of hydrogen-bond acceptors (Lipinski definition) is 7. The zero-order valence-electron chi connectivity index (χ0n) is 15.6. The molecule has 9 heteroatoms. The van der Waals surface area contributed by atoms with Gasteiger partial charge in [-0.05, 0) is 0 Å². The van der Waals surface area contributed by atoms with Gasteiger partial charge >= 0.3 is 0 Å². The molecule has 0 amide bonds. The quantitative estimate of drug-likeness (QED) is 0.341. The van der Waals surface area contributed by atoms with E-state index in [1.165, 1.54) is 12.1 Å². The third kappa shape index (κ3) is 4.42. The highest BCUT2D eigenvalue weighted by atomic mass is 16.6. The molecule has 2 heterocycles. The summed E-state index contributed by atoms with van der Waals surface area (Å²) in [6.45, 7) is 1.50. The Morgan fingerprint density at radius 2 is 1.17 bits per heavy atom. The molecule has 2 saturated heterocycles. The minimum absolute atomic E-state index is 0.0701. The fraction of sp³-hybridized carbons (Fsp3) is 0.400. The topological polar surface area (TPSA) is 121 Å². The van der Waals surface area contributed by atoms with Crippen LogP contribution in [-0.2, 0) is 27.1 Å². The molecular weight excluding hydrogens is 380 g/mol. The monoisotopic (exact) mass is 400 g/mol. The highest BCUT2D eigenvalue weighted by Crippen LogP contribution is 2.37. The zero-order chi connectivity index (χ0) is 20.5. The van der Waals surface area contributed by atoms with Gasteiger partial charge in [-0.1, -0.05) is 36.4 Å². The smallest absolute Gasteiger partial charge is 0.272 e. The van der Waals surface area contributed by atoms with E-state index in [0.717, 1.165) is 0 Å². The van der Waals surface area contributed by atoms with Crippen LogP contribution < -0.4 is 0 Å². The minimum atomic E-state index is -0.569. The molecular formula is C20H20N2O7. The molecule has 0 aliphatic carbocycles. The van der Waals surface area contributed by atoms with E-state index < -0.39 is 21.0 Å². The number of ether oxygens (including phenoxy) is 3. The molecule has 9 nitrogen and oxygen atoms in total. The minimum Gasteiger partial charge on any atom is -0.375 e. The van der Waals surface area contributed by atoms with Crippen molar-refractivity contribution < 1.29 is 24.1 Å². The van der Waals surface area contributed by atoms with Crippen LogP contribution in [0.5, 0.6) is 0 Å². The number of para-hydroxylation sites is 2. The van der Waals surface area contributed by atoms with Gasteiger partial charge in [0.2, 0.25) is 0 Å². The number of benzene rings is 2. The van der Waals surface area contributed by atoms with Gasteiger partial charge in [-0.25, -0.2) is 0 Å². The van der Waals surface area contributed by atoms with Crippen molar-refractivity contribution in [2.45, 2.75) is 24.0 Å². The Balaban J connectivity index is 1.35. The predicted octanol–water partition coefficient (Wildman–Crippen LogP) is 2.84. The van der Waals surface area contributed by atoms with Crippen molar-refractivity contribution in [1.82, 2.24) is 0 Å². The molecule has 2 unspecified atom stereocenters. The molecule has 0 N–H and O–H groups in total. The molecule has 0 saturated carbocycles. The van der Waals surface area contributed by atoms with Crippen molar-refractivity contribution in [3.05, 3.63) is 79.9 Å². The first-order valence-corrected chi connectivity index (χ1v) is 9.22. The third-order valence-electron chi connectivity index (χ3n) is 5.24. The van der Waals surface area contributed by atoms with Gasteiger partial charge in [-0.15, -0.1) is 0 Å². The van der Waals surface area contributed by atoms with Gasteiger partial charge in [0, 0.05) is 36.1 Å². The maximum absolute atomic E-state index is 11.2. The highest BCUT2D eigenvalue weighted by molar-refractivity contribution is 5.42. The van der Waals surface area contributed by atoms with E-state index in [1.54, 1.807) is 36.4 Å². The van der Waals surface area contributed by atoms with Crippen molar-refractivity contribution in [3.8, 4) is 0 Å². The van der Waals surface area contributed by atoms with Crippen LogP contribution in [0.2, 0.25) is 0 Å². The van der Waals surface area contributed by atoms with E-state index in [9.17, 15) is 20.2 Å². The van der Waals surface area contributed by atoms with Gasteiger partial charge in [-0.3, -0.25) is 20.2 Å². The number of nitro groups is 2. The van der Waals surface area contributed by atoms with Crippen LogP contribution in [0.3, 0.4) is 0 Å². The third-order valence-corrected chi connectivity index (χ3v) is 5.24. The van der Waals surface area contributed by atoms with Crippen LogP contribution in [0.4, 0.5) is 11.4 Å². The Kier molecular flexibility index (Phi) is 5.03. The van der Waals surface area contributed by atoms with Gasteiger partial charge in [-0.2, -0.15) is 0 Å². The molecule has 2 fully saturated rings. The summed E-state index contributed by atoms with van der Waals surface area (Å²) in [6.07, 6.45) is 0.782.